The fourth-order valence-electron chi connectivity index (χ4n) is 6.19. The molecular weight excluding hydrogens is 587 g/mol. The second-order valence-electron chi connectivity index (χ2n) is 11.1. The van der Waals surface area contributed by atoms with Gasteiger partial charge in [0.25, 0.3) is 5.91 Å². The van der Waals surface area contributed by atoms with Crippen molar-refractivity contribution in [1.29, 1.82) is 5.26 Å². The number of morpholine rings is 1. The average Bonchev–Trinajstić information content (AvgIpc) is 3.04. The van der Waals surface area contributed by atoms with Gasteiger partial charge >= 0.3 is 6.01 Å². The van der Waals surface area contributed by atoms with Crippen molar-refractivity contribution in [3.8, 4) is 12.1 Å². The van der Waals surface area contributed by atoms with Gasteiger partial charge in [0.15, 0.2) is 5.83 Å². The van der Waals surface area contributed by atoms with Crippen LogP contribution < -0.4 is 9.64 Å². The molecule has 4 heterocycles. The Hall–Kier alpha value is -3.82. The fraction of sp³-hybridized carbons (Fsp3) is 0.438. The van der Waals surface area contributed by atoms with Crippen molar-refractivity contribution >= 4 is 34.1 Å². The predicted octanol–water partition coefficient (Wildman–Crippen LogP) is 4.22. The summed E-state index contributed by atoms with van der Waals surface area (Å²) in [6.45, 7) is 8.56. The van der Waals surface area contributed by atoms with Crippen LogP contribution in [0.3, 0.4) is 0 Å². The van der Waals surface area contributed by atoms with E-state index in [0.717, 1.165) is 47.2 Å². The number of halogens is 2. The van der Waals surface area contributed by atoms with Gasteiger partial charge in [0.1, 0.15) is 12.4 Å². The van der Waals surface area contributed by atoms with Crippen molar-refractivity contribution in [2.24, 2.45) is 0 Å². The minimum Gasteiger partial charge on any atom is -0.462 e. The van der Waals surface area contributed by atoms with Gasteiger partial charge in [-0.25, -0.2) is 4.39 Å². The summed E-state index contributed by atoms with van der Waals surface area (Å²) in [6.07, 6.45) is 0.245. The minimum absolute atomic E-state index is 0.0477. The summed E-state index contributed by atoms with van der Waals surface area (Å²) < 4.78 is 31.8. The van der Waals surface area contributed by atoms with E-state index < -0.39 is 17.8 Å². The number of aromatic nitrogens is 2. The van der Waals surface area contributed by atoms with Crippen LogP contribution in [-0.4, -0.2) is 90.8 Å². The second-order valence-corrected chi connectivity index (χ2v) is 11.5. The smallest absolute Gasteiger partial charge is 0.318 e. The van der Waals surface area contributed by atoms with E-state index in [4.69, 9.17) is 35.8 Å². The number of carbonyl (C=O) groups excluding carboxylic acids is 1. The Balaban J connectivity index is 1.30. The van der Waals surface area contributed by atoms with Crippen LogP contribution in [0.15, 0.2) is 48.8 Å². The van der Waals surface area contributed by atoms with E-state index in [9.17, 15) is 14.4 Å². The third kappa shape index (κ3) is 6.35. The Labute approximate surface area is 260 Å². The number of nitriles is 1. The van der Waals surface area contributed by atoms with Gasteiger partial charge in [-0.1, -0.05) is 48.5 Å². The number of hydrogen-bond acceptors (Lipinski definition) is 9. The number of hydrogen-bond donors (Lipinski definition) is 0. The van der Waals surface area contributed by atoms with E-state index in [1.807, 2.05) is 41.3 Å². The summed E-state index contributed by atoms with van der Waals surface area (Å²) >= 11 is 6.65. The zero-order valence-electron chi connectivity index (χ0n) is 24.4. The van der Waals surface area contributed by atoms with Crippen molar-refractivity contribution in [2.45, 2.75) is 31.6 Å². The zero-order valence-corrected chi connectivity index (χ0v) is 25.1. The lowest BCUT2D eigenvalue weighted by molar-refractivity contribution is -0.131. The van der Waals surface area contributed by atoms with E-state index in [0.29, 0.717) is 50.2 Å². The first-order chi connectivity index (χ1) is 21.4. The van der Waals surface area contributed by atoms with Gasteiger partial charge in [-0.2, -0.15) is 15.2 Å². The van der Waals surface area contributed by atoms with Gasteiger partial charge in [-0.15, -0.1) is 0 Å². The first-order valence-electron chi connectivity index (χ1n) is 14.8. The quantitative estimate of drug-likeness (QED) is 0.342. The maximum Gasteiger partial charge on any atom is 0.318 e. The number of ether oxygens (including phenoxy) is 3. The summed E-state index contributed by atoms with van der Waals surface area (Å²) in [7, 11) is 0. The molecule has 0 radical (unpaired) electrons. The topological polar surface area (TPSA) is 104 Å². The van der Waals surface area contributed by atoms with E-state index >= 15 is 0 Å². The number of benzene rings is 2. The normalized spacial score (nSPS) is 20.7. The van der Waals surface area contributed by atoms with Crippen LogP contribution in [0.25, 0.3) is 10.8 Å². The highest BCUT2D eigenvalue weighted by Crippen LogP contribution is 2.39. The van der Waals surface area contributed by atoms with Crippen LogP contribution in [0.2, 0.25) is 5.02 Å². The Morgan fingerprint density at radius 2 is 1.95 bits per heavy atom. The monoisotopic (exact) mass is 620 g/mol. The third-order valence-electron chi connectivity index (χ3n) is 8.44. The van der Waals surface area contributed by atoms with E-state index in [1.165, 1.54) is 4.90 Å². The number of amides is 1. The van der Waals surface area contributed by atoms with Crippen molar-refractivity contribution in [3.63, 3.8) is 0 Å². The largest absolute Gasteiger partial charge is 0.462 e. The van der Waals surface area contributed by atoms with Crippen LogP contribution in [0.1, 0.15) is 29.3 Å². The molecule has 2 saturated heterocycles. The third-order valence-corrected chi connectivity index (χ3v) is 8.75. The second kappa shape index (κ2) is 13.4. The highest BCUT2D eigenvalue weighted by Gasteiger charge is 2.35. The number of nitrogens with zero attached hydrogens (tertiary/aromatic N) is 6. The van der Waals surface area contributed by atoms with E-state index in [2.05, 4.69) is 17.5 Å². The van der Waals surface area contributed by atoms with E-state index in [-0.39, 0.29) is 31.7 Å². The molecular formula is C32H34ClFN6O4. The summed E-state index contributed by atoms with van der Waals surface area (Å²) in [5, 5.41) is 12.1. The molecule has 1 amide bonds. The molecule has 0 aliphatic carbocycles. The lowest BCUT2D eigenvalue weighted by atomic mass is 9.94. The highest BCUT2D eigenvalue weighted by molar-refractivity contribution is 6.35. The molecule has 3 aromatic rings. The van der Waals surface area contributed by atoms with Gasteiger partial charge in [0.2, 0.25) is 0 Å². The predicted molar refractivity (Wildman–Crippen MR) is 163 cm³/mol. The van der Waals surface area contributed by atoms with Crippen molar-refractivity contribution in [2.75, 3.05) is 64.0 Å². The number of piperazine rings is 1. The summed E-state index contributed by atoms with van der Waals surface area (Å²) in [5.41, 5.74) is 2.63. The maximum atomic E-state index is 13.8. The molecule has 1 unspecified atom stereocenters. The highest BCUT2D eigenvalue weighted by atomic mass is 35.5. The van der Waals surface area contributed by atoms with E-state index in [1.54, 1.807) is 0 Å². The van der Waals surface area contributed by atoms with Gasteiger partial charge < -0.3 is 24.0 Å². The first kappa shape index (κ1) is 30.2. The molecule has 0 saturated carbocycles. The maximum absolute atomic E-state index is 13.8. The lowest BCUT2D eigenvalue weighted by Gasteiger charge is -2.42. The molecule has 2 fully saturated rings. The van der Waals surface area contributed by atoms with Crippen molar-refractivity contribution in [1.82, 2.24) is 19.8 Å². The average molecular weight is 621 g/mol. The van der Waals surface area contributed by atoms with Gasteiger partial charge in [-0.05, 0) is 17.0 Å². The number of fused-ring (bicyclic) bond motifs is 2. The van der Waals surface area contributed by atoms with Gasteiger partial charge in [-0.3, -0.25) is 9.69 Å². The summed E-state index contributed by atoms with van der Waals surface area (Å²) in [5.74, 6) is -1.19. The molecule has 44 heavy (non-hydrogen) atoms. The Morgan fingerprint density at radius 1 is 1.16 bits per heavy atom. The molecule has 0 spiro atoms. The molecule has 230 valence electrons. The Kier molecular flexibility index (Phi) is 9.23. The molecule has 3 aliphatic rings. The van der Waals surface area contributed by atoms with Crippen molar-refractivity contribution in [3.05, 3.63) is 70.6 Å². The molecule has 6 rings (SSSR count). The van der Waals surface area contributed by atoms with Crippen LogP contribution in [0.4, 0.5) is 10.2 Å². The number of anilines is 1. The van der Waals surface area contributed by atoms with Gasteiger partial charge in [0.05, 0.1) is 50.2 Å². The number of rotatable bonds is 8. The standard InChI is InChI=1S/C32H34ClFN6O4/c1-21(34)31(41)40-11-10-39(19-23(40)8-9-35)30-25-20-44-28(24-6-2-4-22-5-3-7-26(33)29(22)24)18-27(25)36-32(37-30)43-17-14-38-12-15-42-16-13-38/h2-7,23,28H,1,8,10-20H2/t23-,28?/m0/s1. The minimum atomic E-state index is -1.04. The van der Waals surface area contributed by atoms with Crippen molar-refractivity contribution < 1.29 is 23.4 Å². The summed E-state index contributed by atoms with van der Waals surface area (Å²) in [6, 6.07) is 13.8. The van der Waals surface area contributed by atoms with Crippen LogP contribution in [0, 0.1) is 11.3 Å². The molecule has 2 atom stereocenters. The molecule has 2 aromatic carbocycles. The molecule has 10 nitrogen and oxygen atoms in total. The molecule has 0 bridgehead atoms. The Morgan fingerprint density at radius 3 is 2.73 bits per heavy atom. The van der Waals surface area contributed by atoms with Gasteiger partial charge in [0, 0.05) is 61.7 Å². The lowest BCUT2D eigenvalue weighted by Crippen LogP contribution is -2.55. The summed E-state index contributed by atoms with van der Waals surface area (Å²) in [4.78, 5) is 27.8. The molecule has 1 aromatic heterocycles. The SMILES string of the molecule is C=C(F)C(=O)N1CCN(c2nc(OCCN3CCOCC3)nc3c2COC(c2cccc4cccc(Cl)c24)C3)C[C@@H]1CC#N. The first-order valence-corrected chi connectivity index (χ1v) is 15.2. The molecule has 3 aliphatic heterocycles. The molecule has 12 heteroatoms. The van der Waals surface area contributed by atoms with Crippen LogP contribution in [0.5, 0.6) is 6.01 Å². The van der Waals surface area contributed by atoms with Crippen LogP contribution >= 0.6 is 11.6 Å². The zero-order chi connectivity index (χ0) is 30.6. The Bertz CT molecular complexity index is 1590. The number of carbonyl (C=O) groups is 1. The van der Waals surface area contributed by atoms with Crippen LogP contribution in [-0.2, 0) is 27.3 Å². The fourth-order valence-corrected chi connectivity index (χ4v) is 6.48. The molecule has 0 N–H and O–H groups in total.